The number of nitro groups is 1. The third kappa shape index (κ3) is 6.23. The Morgan fingerprint density at radius 1 is 0.904 bits per heavy atom. The fourth-order valence-electron chi connectivity index (χ4n) is 5.87. The molecule has 0 atom stereocenters. The topological polar surface area (TPSA) is 144 Å². The second-order valence-electron chi connectivity index (χ2n) is 12.2. The average Bonchev–Trinajstić information content (AvgIpc) is 3.64. The van der Waals surface area contributed by atoms with E-state index in [1.165, 1.54) is 19.2 Å². The number of carboxylic acids is 1. The minimum Gasteiger partial charge on any atom is -0.497 e. The lowest BCUT2D eigenvalue weighted by Gasteiger charge is -2.19. The molecule has 0 saturated carbocycles. The number of benzene rings is 5. The van der Waals surface area contributed by atoms with E-state index in [1.807, 2.05) is 74.1 Å². The molecule has 1 aliphatic heterocycles. The van der Waals surface area contributed by atoms with Crippen molar-refractivity contribution < 1.29 is 28.7 Å². The number of methoxy groups -OCH3 is 1. The second-order valence-corrected chi connectivity index (χ2v) is 12.7. The van der Waals surface area contributed by atoms with Gasteiger partial charge in [0, 0.05) is 60.1 Å². The first-order valence-corrected chi connectivity index (χ1v) is 16.6. The summed E-state index contributed by atoms with van der Waals surface area (Å²) in [5.41, 5.74) is 4.31. The van der Waals surface area contributed by atoms with Crippen molar-refractivity contribution in [2.75, 3.05) is 40.2 Å². The van der Waals surface area contributed by atoms with Crippen LogP contribution in [0.2, 0.25) is 0 Å². The molecule has 0 amide bonds. The molecule has 1 aromatic heterocycles. The van der Waals surface area contributed by atoms with Gasteiger partial charge in [-0.1, -0.05) is 17.9 Å². The Labute approximate surface area is 301 Å². The highest BCUT2D eigenvalue weighted by molar-refractivity contribution is 7.00. The van der Waals surface area contributed by atoms with Crippen molar-refractivity contribution in [1.82, 2.24) is 13.3 Å². The van der Waals surface area contributed by atoms with Crippen LogP contribution in [0.4, 0.5) is 11.4 Å². The molecule has 2 heterocycles. The van der Waals surface area contributed by atoms with Crippen molar-refractivity contribution >= 4 is 51.1 Å². The Kier molecular flexibility index (Phi) is 8.75. The van der Waals surface area contributed by atoms with Gasteiger partial charge in [-0.05, 0) is 60.2 Å². The van der Waals surface area contributed by atoms with Crippen molar-refractivity contribution in [3.8, 4) is 51.5 Å². The van der Waals surface area contributed by atoms with Crippen LogP contribution < -0.4 is 24.3 Å². The summed E-state index contributed by atoms with van der Waals surface area (Å²) in [6, 6.07) is 24.5. The summed E-state index contributed by atoms with van der Waals surface area (Å²) in [5, 5.41) is 24.4. The van der Waals surface area contributed by atoms with Crippen LogP contribution in [-0.2, 0) is 0 Å². The third-order valence-corrected chi connectivity index (χ3v) is 9.06. The van der Waals surface area contributed by atoms with Gasteiger partial charge in [0.15, 0.2) is 5.52 Å². The fraction of sp³-hybridized carbons (Fsp3) is 0.128. The first-order chi connectivity index (χ1) is 25.0. The number of aromatic nitrogens is 2. The molecule has 2 aliphatic rings. The van der Waals surface area contributed by atoms with Crippen LogP contribution >= 0.6 is 11.7 Å². The van der Waals surface area contributed by atoms with E-state index in [1.54, 1.807) is 36.4 Å². The van der Waals surface area contributed by atoms with Crippen molar-refractivity contribution in [2.24, 2.45) is 0 Å². The number of fused-ring (bicyclic) bond motifs is 3. The summed E-state index contributed by atoms with van der Waals surface area (Å²) in [4.78, 5) is 26.5. The fourth-order valence-corrected chi connectivity index (χ4v) is 6.43. The van der Waals surface area contributed by atoms with Gasteiger partial charge >= 0.3 is 11.7 Å². The first kappa shape index (κ1) is 33.7. The van der Waals surface area contributed by atoms with Gasteiger partial charge in [-0.3, -0.25) is 10.1 Å². The van der Waals surface area contributed by atoms with Crippen LogP contribution in [0.1, 0.15) is 21.5 Å². The maximum atomic E-state index is 12.9. The summed E-state index contributed by atoms with van der Waals surface area (Å²) < 4.78 is 28.1. The first-order valence-electron chi connectivity index (χ1n) is 15.9. The summed E-state index contributed by atoms with van der Waals surface area (Å²) in [7, 11) is 9.29. The van der Waals surface area contributed by atoms with E-state index in [0.717, 1.165) is 33.7 Å². The minimum atomic E-state index is -1.14. The number of carbonyl (C=O) groups is 1. The average molecular weight is 713 g/mol. The lowest BCUT2D eigenvalue weighted by molar-refractivity contribution is -0.385. The molecule has 0 radical (unpaired) electrons. The Morgan fingerprint density at radius 2 is 1.63 bits per heavy atom. The molecule has 0 bridgehead atoms. The van der Waals surface area contributed by atoms with Crippen LogP contribution in [0.5, 0.6) is 17.2 Å². The predicted molar refractivity (Wildman–Crippen MR) is 200 cm³/mol. The van der Waals surface area contributed by atoms with E-state index >= 15 is 0 Å². The van der Waals surface area contributed by atoms with Gasteiger partial charge in [-0.15, -0.1) is 0 Å². The maximum absolute atomic E-state index is 12.9. The minimum absolute atomic E-state index is 0.0312. The Bertz CT molecular complexity index is 2670. The van der Waals surface area contributed by atoms with E-state index in [9.17, 15) is 20.0 Å². The van der Waals surface area contributed by atoms with Crippen LogP contribution in [0, 0.1) is 22.0 Å². The monoisotopic (exact) mass is 712 g/mol. The smallest absolute Gasteiger partial charge is 0.336 e. The molecule has 1 aliphatic carbocycles. The van der Waals surface area contributed by atoms with Crippen molar-refractivity contribution in [3.63, 3.8) is 0 Å². The molecule has 12 nitrogen and oxygen atoms in total. The normalized spacial score (nSPS) is 10.9. The number of rotatable bonds is 7. The molecule has 0 fully saturated rings. The SMILES string of the molecule is COc1ccc(Oc2c([N+](=O)[O-])cc(C#Cc3ccc(-c4c5ccc(=[N+](C)C)cc-5oc5cc(N(C)C)ccc45)c(C(=O)O)c3)c3nsnc23)cc1. The van der Waals surface area contributed by atoms with Gasteiger partial charge in [0.1, 0.15) is 42.5 Å². The van der Waals surface area contributed by atoms with Gasteiger partial charge in [-0.25, -0.2) is 9.37 Å². The van der Waals surface area contributed by atoms with Gasteiger partial charge < -0.3 is 23.9 Å². The molecule has 0 unspecified atom stereocenters. The van der Waals surface area contributed by atoms with E-state index < -0.39 is 10.9 Å². The zero-order valence-corrected chi connectivity index (χ0v) is 29.4. The molecule has 5 aromatic rings. The zero-order chi connectivity index (χ0) is 36.7. The highest BCUT2D eigenvalue weighted by atomic mass is 32.1. The summed E-state index contributed by atoms with van der Waals surface area (Å²) >= 11 is 0.871. The third-order valence-electron chi connectivity index (χ3n) is 8.53. The maximum Gasteiger partial charge on any atom is 0.336 e. The number of ether oxygens (including phenoxy) is 2. The van der Waals surface area contributed by atoms with Gasteiger partial charge in [0.2, 0.25) is 11.1 Å². The summed E-state index contributed by atoms with van der Waals surface area (Å²) in [5.74, 6) is 6.32. The van der Waals surface area contributed by atoms with E-state index in [4.69, 9.17) is 13.9 Å². The molecule has 0 spiro atoms. The zero-order valence-electron chi connectivity index (χ0n) is 28.6. The Hall–Kier alpha value is -6.78. The van der Waals surface area contributed by atoms with Gasteiger partial charge in [-0.2, -0.15) is 8.75 Å². The van der Waals surface area contributed by atoms with E-state index in [0.29, 0.717) is 45.0 Å². The number of hydrogen-bond donors (Lipinski definition) is 1. The summed E-state index contributed by atoms with van der Waals surface area (Å²) in [6.45, 7) is 0. The largest absolute Gasteiger partial charge is 0.497 e. The standard InChI is InChI=1S/C39H29N5O7S/c1-42(2)24-9-16-29-33(20-24)51-34-21-25(43(3)4)10-17-30(34)35(29)28-15-7-22(18-31(28)39(45)46)6-8-23-19-32(44(47)48)38(37-36(23)40-52-41-37)50-27-13-11-26(49-5)12-14-27/h7,9-21H,1-5H3/p+1. The van der Waals surface area contributed by atoms with Crippen LogP contribution in [0.15, 0.2) is 89.3 Å². The summed E-state index contributed by atoms with van der Waals surface area (Å²) in [6.07, 6.45) is 0. The van der Waals surface area contributed by atoms with Crippen LogP contribution in [0.25, 0.3) is 44.5 Å². The highest BCUT2D eigenvalue weighted by Gasteiger charge is 2.26. The number of anilines is 1. The predicted octanol–water partition coefficient (Wildman–Crippen LogP) is 7.11. The van der Waals surface area contributed by atoms with Crippen molar-refractivity contribution in [3.05, 3.63) is 117 Å². The number of carboxylic acid groups (broad SMARTS) is 1. The van der Waals surface area contributed by atoms with E-state index in [2.05, 4.69) is 20.6 Å². The van der Waals surface area contributed by atoms with Crippen LogP contribution in [0.3, 0.4) is 0 Å². The Morgan fingerprint density at radius 3 is 2.33 bits per heavy atom. The van der Waals surface area contributed by atoms with Crippen molar-refractivity contribution in [2.45, 2.75) is 0 Å². The molecule has 1 N–H and O–H groups in total. The van der Waals surface area contributed by atoms with E-state index in [-0.39, 0.29) is 28.1 Å². The Balaban J connectivity index is 1.35. The number of aromatic carboxylic acids is 1. The molecule has 13 heteroatoms. The molecule has 7 rings (SSSR count). The van der Waals surface area contributed by atoms with Crippen molar-refractivity contribution in [1.29, 1.82) is 0 Å². The number of nitrogens with zero attached hydrogens (tertiary/aromatic N) is 5. The molecule has 0 saturated heterocycles. The van der Waals surface area contributed by atoms with Gasteiger partial charge in [0.25, 0.3) is 0 Å². The molecular formula is C39H30N5O7S+. The lowest BCUT2D eigenvalue weighted by Crippen LogP contribution is -2.21. The lowest BCUT2D eigenvalue weighted by atomic mass is 9.89. The highest BCUT2D eigenvalue weighted by Crippen LogP contribution is 2.43. The molecule has 258 valence electrons. The number of nitro benzene ring substituents is 1. The molecular weight excluding hydrogens is 683 g/mol. The quantitative estimate of drug-likeness (QED) is 0.0597. The van der Waals surface area contributed by atoms with Gasteiger partial charge in [0.05, 0.1) is 41.0 Å². The molecule has 4 aromatic carbocycles. The number of hydrogen-bond acceptors (Lipinski definition) is 10. The second kappa shape index (κ2) is 13.5. The molecule has 52 heavy (non-hydrogen) atoms. The van der Waals surface area contributed by atoms with Crippen LogP contribution in [-0.4, -0.2) is 60.0 Å².